The molecule has 1 rings (SSSR count). The summed E-state index contributed by atoms with van der Waals surface area (Å²) in [4.78, 5) is 1.47. The predicted molar refractivity (Wildman–Crippen MR) is 62.8 cm³/mol. The molecular weight excluding hydrogens is 229 g/mol. The first kappa shape index (κ1) is 14.8. The molecule has 0 spiro atoms. The molecule has 0 aromatic heterocycles. The van der Waals surface area contributed by atoms with Crippen LogP contribution in [-0.2, 0) is 0 Å². The van der Waals surface area contributed by atoms with Gasteiger partial charge in [-0.25, -0.2) is 0 Å². The lowest BCUT2D eigenvalue weighted by Gasteiger charge is -2.31. The number of nitrogens with zero attached hydrogens (tertiary/aromatic N) is 1. The van der Waals surface area contributed by atoms with Crippen molar-refractivity contribution in [3.05, 3.63) is 0 Å². The molecule has 0 aromatic carbocycles. The molecule has 0 atom stereocenters. The highest BCUT2D eigenvalue weighted by Gasteiger charge is 2.34. The number of hydrogen-bond acceptors (Lipinski definition) is 2. The number of alkyl halides is 3. The Bertz CT molecular complexity index is 232. The van der Waals surface area contributed by atoms with Crippen molar-refractivity contribution in [2.45, 2.75) is 63.7 Å². The lowest BCUT2D eigenvalue weighted by atomic mass is 9.94. The molecule has 2 nitrogen and oxygen atoms in total. The van der Waals surface area contributed by atoms with Gasteiger partial charge in [0, 0.05) is 18.1 Å². The zero-order chi connectivity index (χ0) is 13.1. The van der Waals surface area contributed by atoms with E-state index in [1.807, 2.05) is 0 Å². The average molecular weight is 252 g/mol. The summed E-state index contributed by atoms with van der Waals surface area (Å²) < 4.78 is 37.2. The molecule has 0 radical (unpaired) electrons. The van der Waals surface area contributed by atoms with Crippen LogP contribution in [0.3, 0.4) is 0 Å². The Balaban J connectivity index is 2.44. The highest BCUT2D eigenvalue weighted by atomic mass is 19.4. The van der Waals surface area contributed by atoms with E-state index >= 15 is 0 Å². The molecule has 17 heavy (non-hydrogen) atoms. The van der Waals surface area contributed by atoms with Crippen molar-refractivity contribution in [2.24, 2.45) is 5.73 Å². The van der Waals surface area contributed by atoms with Crippen LogP contribution in [-0.4, -0.2) is 35.7 Å². The molecular formula is C12H23F3N2. The Kier molecular flexibility index (Phi) is 4.84. The summed E-state index contributed by atoms with van der Waals surface area (Å²) in [6.07, 6.45) is 0.660. The van der Waals surface area contributed by atoms with Gasteiger partial charge in [0.05, 0.1) is 6.54 Å². The number of hydrogen-bond donors (Lipinski definition) is 1. The summed E-state index contributed by atoms with van der Waals surface area (Å²) in [5.41, 5.74) is 5.94. The number of rotatable bonds is 5. The normalized spacial score (nSPS) is 20.5. The molecule has 2 N–H and O–H groups in total. The molecule has 0 aromatic rings. The van der Waals surface area contributed by atoms with Gasteiger partial charge in [0.15, 0.2) is 0 Å². The first-order valence-corrected chi connectivity index (χ1v) is 6.32. The fourth-order valence-corrected chi connectivity index (χ4v) is 2.45. The molecule has 1 aliphatic rings. The monoisotopic (exact) mass is 252 g/mol. The van der Waals surface area contributed by atoms with Gasteiger partial charge in [-0.3, -0.25) is 4.90 Å². The zero-order valence-electron chi connectivity index (χ0n) is 10.7. The van der Waals surface area contributed by atoms with Crippen molar-refractivity contribution < 1.29 is 13.2 Å². The van der Waals surface area contributed by atoms with Gasteiger partial charge in [-0.2, -0.15) is 13.2 Å². The Labute approximate surface area is 101 Å². The van der Waals surface area contributed by atoms with Gasteiger partial charge in [0.2, 0.25) is 0 Å². The molecule has 0 bridgehead atoms. The molecule has 0 amide bonds. The molecule has 102 valence electrons. The van der Waals surface area contributed by atoms with E-state index in [1.165, 1.54) is 4.90 Å². The Morgan fingerprint density at radius 3 is 2.18 bits per heavy atom. The summed E-state index contributed by atoms with van der Waals surface area (Å²) in [6.45, 7) is 3.20. The van der Waals surface area contributed by atoms with Crippen LogP contribution in [0.5, 0.6) is 0 Å². The topological polar surface area (TPSA) is 29.3 Å². The second-order valence-electron chi connectivity index (χ2n) is 5.50. The molecule has 0 unspecified atom stereocenters. The standard InChI is InChI=1S/C12H23F3N2/c1-10(2)17(9-12(13,14)15)8-7-11(16)5-3-4-6-11/h10H,3-9,16H2,1-2H3. The maximum Gasteiger partial charge on any atom is 0.401 e. The Morgan fingerprint density at radius 2 is 1.76 bits per heavy atom. The van der Waals surface area contributed by atoms with Crippen LogP contribution in [0, 0.1) is 0 Å². The van der Waals surface area contributed by atoms with E-state index in [4.69, 9.17) is 5.73 Å². The Morgan fingerprint density at radius 1 is 1.24 bits per heavy atom. The van der Waals surface area contributed by atoms with Crippen LogP contribution in [0.25, 0.3) is 0 Å². The quantitative estimate of drug-likeness (QED) is 0.815. The third-order valence-corrected chi connectivity index (χ3v) is 3.61. The minimum atomic E-state index is -4.12. The molecule has 5 heteroatoms. The summed E-state index contributed by atoms with van der Waals surface area (Å²) >= 11 is 0. The van der Waals surface area contributed by atoms with Gasteiger partial charge in [-0.15, -0.1) is 0 Å². The van der Waals surface area contributed by atoms with Crippen LogP contribution < -0.4 is 5.73 Å². The lowest BCUT2D eigenvalue weighted by Crippen LogP contribution is -2.45. The molecule has 1 saturated carbocycles. The maximum atomic E-state index is 12.4. The van der Waals surface area contributed by atoms with Gasteiger partial charge >= 0.3 is 6.18 Å². The summed E-state index contributed by atoms with van der Waals surface area (Å²) in [5.74, 6) is 0. The summed E-state index contributed by atoms with van der Waals surface area (Å²) in [7, 11) is 0. The van der Waals surface area contributed by atoms with Crippen LogP contribution in [0.4, 0.5) is 13.2 Å². The van der Waals surface area contributed by atoms with E-state index in [9.17, 15) is 13.2 Å². The van der Waals surface area contributed by atoms with Crippen molar-refractivity contribution >= 4 is 0 Å². The van der Waals surface area contributed by atoms with E-state index < -0.39 is 12.7 Å². The third-order valence-electron chi connectivity index (χ3n) is 3.61. The average Bonchev–Trinajstić information content (AvgIpc) is 2.58. The van der Waals surface area contributed by atoms with Gasteiger partial charge in [-0.05, 0) is 33.1 Å². The Hall–Kier alpha value is -0.290. The van der Waals surface area contributed by atoms with E-state index in [0.29, 0.717) is 13.0 Å². The van der Waals surface area contributed by atoms with Gasteiger partial charge in [-0.1, -0.05) is 12.8 Å². The first-order chi connectivity index (χ1) is 7.72. The fraction of sp³-hybridized carbons (Fsp3) is 1.00. The van der Waals surface area contributed by atoms with Gasteiger partial charge in [0.25, 0.3) is 0 Å². The van der Waals surface area contributed by atoms with Crippen molar-refractivity contribution in [1.29, 1.82) is 0 Å². The molecule has 0 heterocycles. The van der Waals surface area contributed by atoms with Crippen molar-refractivity contribution in [1.82, 2.24) is 4.90 Å². The van der Waals surface area contributed by atoms with Crippen LogP contribution in [0.1, 0.15) is 46.0 Å². The van der Waals surface area contributed by atoms with E-state index in [1.54, 1.807) is 13.8 Å². The molecule has 1 aliphatic carbocycles. The fourth-order valence-electron chi connectivity index (χ4n) is 2.45. The number of halogens is 3. The maximum absolute atomic E-state index is 12.4. The zero-order valence-corrected chi connectivity index (χ0v) is 10.7. The number of nitrogens with two attached hydrogens (primary N) is 1. The van der Waals surface area contributed by atoms with Crippen molar-refractivity contribution in [3.63, 3.8) is 0 Å². The molecule has 0 aliphatic heterocycles. The van der Waals surface area contributed by atoms with Crippen LogP contribution in [0.2, 0.25) is 0 Å². The lowest BCUT2D eigenvalue weighted by molar-refractivity contribution is -0.150. The molecule has 1 fully saturated rings. The third kappa shape index (κ3) is 5.25. The highest BCUT2D eigenvalue weighted by Crippen LogP contribution is 2.30. The largest absolute Gasteiger partial charge is 0.401 e. The SMILES string of the molecule is CC(C)N(CCC1(N)CCCC1)CC(F)(F)F. The van der Waals surface area contributed by atoms with Crippen LogP contribution in [0.15, 0.2) is 0 Å². The second-order valence-corrected chi connectivity index (χ2v) is 5.50. The highest BCUT2D eigenvalue weighted by molar-refractivity contribution is 4.90. The minimum Gasteiger partial charge on any atom is -0.325 e. The van der Waals surface area contributed by atoms with E-state index in [0.717, 1.165) is 25.7 Å². The van der Waals surface area contributed by atoms with E-state index in [-0.39, 0.29) is 11.6 Å². The van der Waals surface area contributed by atoms with E-state index in [2.05, 4.69) is 0 Å². The smallest absolute Gasteiger partial charge is 0.325 e. The molecule has 0 saturated heterocycles. The van der Waals surface area contributed by atoms with Crippen LogP contribution >= 0.6 is 0 Å². The minimum absolute atomic E-state index is 0.0957. The predicted octanol–water partition coefficient (Wildman–Crippen LogP) is 2.92. The summed E-state index contributed by atoms with van der Waals surface area (Å²) in [5, 5.41) is 0. The second kappa shape index (κ2) is 5.57. The van der Waals surface area contributed by atoms with Crippen molar-refractivity contribution in [3.8, 4) is 0 Å². The van der Waals surface area contributed by atoms with Crippen molar-refractivity contribution in [2.75, 3.05) is 13.1 Å². The summed E-state index contributed by atoms with van der Waals surface area (Å²) in [6, 6.07) is -0.0957. The van der Waals surface area contributed by atoms with Gasteiger partial charge < -0.3 is 5.73 Å². The first-order valence-electron chi connectivity index (χ1n) is 6.32. The van der Waals surface area contributed by atoms with Gasteiger partial charge in [0.1, 0.15) is 0 Å².